The minimum Gasteiger partial charge on any atom is -0.295 e. The molecular formula is C14H22O. The first-order valence-electron chi connectivity index (χ1n) is 6.22. The van der Waals surface area contributed by atoms with Gasteiger partial charge in [-0.2, -0.15) is 0 Å². The van der Waals surface area contributed by atoms with Gasteiger partial charge in [-0.05, 0) is 49.0 Å². The van der Waals surface area contributed by atoms with E-state index in [1.165, 1.54) is 30.4 Å². The number of rotatable bonds is 0. The van der Waals surface area contributed by atoms with Crippen molar-refractivity contribution >= 4 is 5.78 Å². The van der Waals surface area contributed by atoms with E-state index < -0.39 is 0 Å². The van der Waals surface area contributed by atoms with Gasteiger partial charge in [0.1, 0.15) is 0 Å². The van der Waals surface area contributed by atoms with Crippen LogP contribution in [-0.2, 0) is 4.79 Å². The lowest BCUT2D eigenvalue weighted by molar-refractivity contribution is -0.116. The molecule has 1 atom stereocenters. The zero-order valence-electron chi connectivity index (χ0n) is 10.2. The molecule has 2 aliphatic carbocycles. The average Bonchev–Trinajstić information content (AvgIpc) is 2.16. The van der Waals surface area contributed by atoms with Crippen LogP contribution in [0.25, 0.3) is 0 Å². The molecule has 15 heavy (non-hydrogen) atoms. The van der Waals surface area contributed by atoms with E-state index in [4.69, 9.17) is 0 Å². The maximum absolute atomic E-state index is 11.7. The van der Waals surface area contributed by atoms with E-state index in [0.29, 0.717) is 11.2 Å². The molecule has 0 radical (unpaired) electrons. The van der Waals surface area contributed by atoms with Gasteiger partial charge in [0.15, 0.2) is 5.78 Å². The maximum Gasteiger partial charge on any atom is 0.158 e. The van der Waals surface area contributed by atoms with Gasteiger partial charge in [-0.1, -0.05) is 26.3 Å². The van der Waals surface area contributed by atoms with E-state index in [1.807, 2.05) is 0 Å². The van der Waals surface area contributed by atoms with Gasteiger partial charge in [-0.15, -0.1) is 0 Å². The highest BCUT2D eigenvalue weighted by Crippen LogP contribution is 2.43. The SMILES string of the molecule is CC(C)(C)C1CCC2=C(CCCC2=O)C1. The molecule has 0 saturated heterocycles. The standard InChI is InChI=1S/C14H22O/c1-14(2,3)11-7-8-12-10(9-11)5-4-6-13(12)15/h11H,4-9H2,1-3H3. The summed E-state index contributed by atoms with van der Waals surface area (Å²) in [5.41, 5.74) is 3.11. The van der Waals surface area contributed by atoms with Crippen LogP contribution in [0.4, 0.5) is 0 Å². The lowest BCUT2D eigenvalue weighted by Gasteiger charge is -2.37. The Morgan fingerprint density at radius 1 is 1.13 bits per heavy atom. The first kappa shape index (κ1) is 10.9. The molecule has 0 saturated carbocycles. The van der Waals surface area contributed by atoms with E-state index in [-0.39, 0.29) is 0 Å². The van der Waals surface area contributed by atoms with Gasteiger partial charge in [0.05, 0.1) is 0 Å². The van der Waals surface area contributed by atoms with Gasteiger partial charge in [-0.25, -0.2) is 0 Å². The summed E-state index contributed by atoms with van der Waals surface area (Å²) in [6.45, 7) is 6.98. The number of hydrogen-bond donors (Lipinski definition) is 0. The molecule has 2 aliphatic rings. The van der Waals surface area contributed by atoms with Crippen LogP contribution in [0.2, 0.25) is 0 Å². The molecule has 0 aromatic rings. The van der Waals surface area contributed by atoms with Crippen molar-refractivity contribution in [3.05, 3.63) is 11.1 Å². The molecule has 2 rings (SSSR count). The molecule has 0 aromatic heterocycles. The second-order valence-electron chi connectivity index (χ2n) is 6.16. The summed E-state index contributed by atoms with van der Waals surface area (Å²) in [6, 6.07) is 0. The van der Waals surface area contributed by atoms with Crippen molar-refractivity contribution in [2.24, 2.45) is 11.3 Å². The molecule has 0 fully saturated rings. The molecule has 0 amide bonds. The van der Waals surface area contributed by atoms with E-state index >= 15 is 0 Å². The lowest BCUT2D eigenvalue weighted by Crippen LogP contribution is -2.27. The quantitative estimate of drug-likeness (QED) is 0.588. The first-order valence-corrected chi connectivity index (χ1v) is 6.22. The minimum absolute atomic E-state index is 0.402. The zero-order valence-corrected chi connectivity index (χ0v) is 10.2. The molecule has 0 aromatic carbocycles. The predicted octanol–water partition coefficient (Wildman–Crippen LogP) is 3.88. The van der Waals surface area contributed by atoms with Crippen LogP contribution in [0.3, 0.4) is 0 Å². The summed E-state index contributed by atoms with van der Waals surface area (Å²) in [7, 11) is 0. The number of ketones is 1. The van der Waals surface area contributed by atoms with Gasteiger partial charge in [-0.3, -0.25) is 4.79 Å². The highest BCUT2D eigenvalue weighted by Gasteiger charge is 2.32. The summed E-state index contributed by atoms with van der Waals surface area (Å²) in [5.74, 6) is 1.23. The van der Waals surface area contributed by atoms with Gasteiger partial charge < -0.3 is 0 Å². The Morgan fingerprint density at radius 2 is 1.87 bits per heavy atom. The smallest absolute Gasteiger partial charge is 0.158 e. The summed E-state index contributed by atoms with van der Waals surface area (Å²) in [6.07, 6.45) is 6.54. The van der Waals surface area contributed by atoms with Crippen molar-refractivity contribution in [2.45, 2.75) is 59.3 Å². The fourth-order valence-corrected chi connectivity index (χ4v) is 2.96. The molecule has 1 unspecified atom stereocenters. The van der Waals surface area contributed by atoms with Crippen LogP contribution in [0, 0.1) is 11.3 Å². The van der Waals surface area contributed by atoms with Crippen LogP contribution in [0.1, 0.15) is 59.3 Å². The Labute approximate surface area is 92.9 Å². The van der Waals surface area contributed by atoms with Crippen molar-refractivity contribution in [3.8, 4) is 0 Å². The molecule has 0 aliphatic heterocycles. The third kappa shape index (κ3) is 2.16. The number of Topliss-reactive ketones (excluding diaryl/α,β-unsaturated/α-hetero) is 1. The molecule has 0 N–H and O–H groups in total. The summed E-state index contributed by atoms with van der Waals surface area (Å²) in [4.78, 5) is 11.7. The highest BCUT2D eigenvalue weighted by molar-refractivity contribution is 5.97. The third-order valence-corrected chi connectivity index (χ3v) is 4.11. The van der Waals surface area contributed by atoms with Gasteiger partial charge >= 0.3 is 0 Å². The highest BCUT2D eigenvalue weighted by atomic mass is 16.1. The predicted molar refractivity (Wildman–Crippen MR) is 62.7 cm³/mol. The molecule has 0 spiro atoms. The van der Waals surface area contributed by atoms with E-state index in [0.717, 1.165) is 25.2 Å². The molecule has 1 nitrogen and oxygen atoms in total. The average molecular weight is 206 g/mol. The van der Waals surface area contributed by atoms with Crippen molar-refractivity contribution in [3.63, 3.8) is 0 Å². The molecule has 0 bridgehead atoms. The Hall–Kier alpha value is -0.590. The monoisotopic (exact) mass is 206 g/mol. The van der Waals surface area contributed by atoms with E-state index in [9.17, 15) is 4.79 Å². The number of allylic oxidation sites excluding steroid dienone is 2. The Balaban J connectivity index is 2.17. The van der Waals surface area contributed by atoms with Crippen LogP contribution in [0.15, 0.2) is 11.1 Å². The fourth-order valence-electron chi connectivity index (χ4n) is 2.96. The Kier molecular flexibility index (Phi) is 2.74. The zero-order chi connectivity index (χ0) is 11.1. The van der Waals surface area contributed by atoms with Crippen LogP contribution in [-0.4, -0.2) is 5.78 Å². The minimum atomic E-state index is 0.402. The van der Waals surface area contributed by atoms with E-state index in [2.05, 4.69) is 20.8 Å². The molecule has 0 heterocycles. The van der Waals surface area contributed by atoms with Crippen molar-refractivity contribution in [1.82, 2.24) is 0 Å². The van der Waals surface area contributed by atoms with Crippen LogP contribution < -0.4 is 0 Å². The van der Waals surface area contributed by atoms with Crippen molar-refractivity contribution < 1.29 is 4.79 Å². The second kappa shape index (κ2) is 3.77. The van der Waals surface area contributed by atoms with Crippen molar-refractivity contribution in [1.29, 1.82) is 0 Å². The van der Waals surface area contributed by atoms with Crippen molar-refractivity contribution in [2.75, 3.05) is 0 Å². The van der Waals surface area contributed by atoms with E-state index in [1.54, 1.807) is 0 Å². The number of carbonyl (C=O) groups excluding carboxylic acids is 1. The molecular weight excluding hydrogens is 184 g/mol. The Bertz CT molecular complexity index is 304. The number of hydrogen-bond acceptors (Lipinski definition) is 1. The number of carbonyl (C=O) groups is 1. The summed E-state index contributed by atoms with van der Waals surface area (Å²) in [5, 5.41) is 0. The van der Waals surface area contributed by atoms with Gasteiger partial charge in [0.2, 0.25) is 0 Å². The van der Waals surface area contributed by atoms with Crippen LogP contribution >= 0.6 is 0 Å². The Morgan fingerprint density at radius 3 is 2.53 bits per heavy atom. The largest absolute Gasteiger partial charge is 0.295 e. The normalized spacial score (nSPS) is 27.9. The third-order valence-electron chi connectivity index (χ3n) is 4.11. The lowest BCUT2D eigenvalue weighted by atomic mass is 9.68. The molecule has 84 valence electrons. The van der Waals surface area contributed by atoms with Crippen LogP contribution in [0.5, 0.6) is 0 Å². The van der Waals surface area contributed by atoms with Gasteiger partial charge in [0.25, 0.3) is 0 Å². The topological polar surface area (TPSA) is 17.1 Å². The summed E-state index contributed by atoms with van der Waals surface area (Å²) < 4.78 is 0. The van der Waals surface area contributed by atoms with Gasteiger partial charge in [0, 0.05) is 6.42 Å². The summed E-state index contributed by atoms with van der Waals surface area (Å²) >= 11 is 0. The fraction of sp³-hybridized carbons (Fsp3) is 0.786. The maximum atomic E-state index is 11.7. The second-order valence-corrected chi connectivity index (χ2v) is 6.16. The first-order chi connectivity index (χ1) is 6.98. The molecule has 1 heteroatoms.